The van der Waals surface area contributed by atoms with Crippen LogP contribution < -0.4 is 0 Å². The first-order valence-corrected chi connectivity index (χ1v) is 8.88. The summed E-state index contributed by atoms with van der Waals surface area (Å²) < 4.78 is 0. The molecule has 2 nitrogen and oxygen atoms in total. The Morgan fingerprint density at radius 1 is 1.30 bits per heavy atom. The third-order valence-corrected chi connectivity index (χ3v) is 7.38. The smallest absolute Gasteiger partial charge is 0.130 e. The summed E-state index contributed by atoms with van der Waals surface area (Å²) in [6, 6.07) is 6.49. The molecule has 1 aromatic rings. The highest BCUT2D eigenvalue weighted by atomic mass is 16.3. The molecule has 23 heavy (non-hydrogen) atoms. The van der Waals surface area contributed by atoms with Gasteiger partial charge in [-0.05, 0) is 67.6 Å². The molecule has 6 atom stereocenters. The van der Waals surface area contributed by atoms with Gasteiger partial charge in [0.1, 0.15) is 5.60 Å². The van der Waals surface area contributed by atoms with E-state index < -0.39 is 11.7 Å². The maximum Gasteiger partial charge on any atom is 0.130 e. The Balaban J connectivity index is 1.79. The summed E-state index contributed by atoms with van der Waals surface area (Å²) in [6.45, 7) is 4.28. The minimum absolute atomic E-state index is 0.205. The SMILES string of the molecule is C#C[C@]1(O)CC[C@H]2[C@@H]3CCc4c(C)cccc4[C@H]3[C@@H](O)C[C@@]21C. The van der Waals surface area contributed by atoms with Crippen LogP contribution in [0.25, 0.3) is 0 Å². The molecule has 0 saturated heterocycles. The number of terminal acetylenes is 1. The molecule has 3 aliphatic carbocycles. The number of aliphatic hydroxyl groups is 2. The third kappa shape index (κ3) is 1.84. The summed E-state index contributed by atoms with van der Waals surface area (Å²) in [5.41, 5.74) is 2.70. The molecular weight excluding hydrogens is 284 g/mol. The molecule has 0 heterocycles. The lowest BCUT2D eigenvalue weighted by Crippen LogP contribution is -2.54. The largest absolute Gasteiger partial charge is 0.392 e. The van der Waals surface area contributed by atoms with E-state index in [-0.39, 0.29) is 11.3 Å². The molecule has 0 bridgehead atoms. The van der Waals surface area contributed by atoms with E-state index in [0.29, 0.717) is 24.7 Å². The van der Waals surface area contributed by atoms with Crippen molar-refractivity contribution in [1.82, 2.24) is 0 Å². The van der Waals surface area contributed by atoms with Crippen molar-refractivity contribution in [2.75, 3.05) is 0 Å². The molecule has 0 radical (unpaired) electrons. The zero-order valence-corrected chi connectivity index (χ0v) is 14.0. The number of benzene rings is 1. The summed E-state index contributed by atoms with van der Waals surface area (Å²) in [6.07, 6.45) is 9.70. The normalized spacial score (nSPS) is 44.8. The highest BCUT2D eigenvalue weighted by molar-refractivity contribution is 5.41. The molecule has 0 spiro atoms. The Hall–Kier alpha value is -1.30. The van der Waals surface area contributed by atoms with Crippen molar-refractivity contribution in [3.05, 3.63) is 34.9 Å². The van der Waals surface area contributed by atoms with Crippen LogP contribution in [0.15, 0.2) is 18.2 Å². The van der Waals surface area contributed by atoms with Gasteiger partial charge in [0.2, 0.25) is 0 Å². The van der Waals surface area contributed by atoms with E-state index in [2.05, 4.69) is 38.0 Å². The fourth-order valence-corrected chi connectivity index (χ4v) is 6.12. The zero-order chi connectivity index (χ0) is 16.4. The van der Waals surface area contributed by atoms with E-state index in [1.165, 1.54) is 16.7 Å². The number of hydrogen-bond donors (Lipinski definition) is 2. The molecule has 0 aromatic heterocycles. The van der Waals surface area contributed by atoms with Crippen molar-refractivity contribution in [3.8, 4) is 12.3 Å². The molecule has 0 unspecified atom stereocenters. The van der Waals surface area contributed by atoms with Crippen molar-refractivity contribution in [2.24, 2.45) is 17.3 Å². The van der Waals surface area contributed by atoms with Gasteiger partial charge >= 0.3 is 0 Å². The second-order valence-corrected chi connectivity index (χ2v) is 8.21. The lowest BCUT2D eigenvalue weighted by Gasteiger charge is -2.54. The van der Waals surface area contributed by atoms with Crippen molar-refractivity contribution < 1.29 is 10.2 Å². The quantitative estimate of drug-likeness (QED) is 0.723. The first-order chi connectivity index (χ1) is 10.9. The average Bonchev–Trinajstić information content (AvgIpc) is 2.79. The minimum Gasteiger partial charge on any atom is -0.392 e. The molecule has 4 rings (SSSR count). The van der Waals surface area contributed by atoms with Crippen LogP contribution >= 0.6 is 0 Å². The zero-order valence-electron chi connectivity index (χ0n) is 14.0. The average molecular weight is 310 g/mol. The predicted octanol–water partition coefficient (Wildman–Crippen LogP) is 3.19. The third-order valence-electron chi connectivity index (χ3n) is 7.38. The van der Waals surface area contributed by atoms with Crippen LogP contribution in [-0.4, -0.2) is 21.9 Å². The van der Waals surface area contributed by atoms with Crippen LogP contribution in [0, 0.1) is 36.5 Å². The second-order valence-electron chi connectivity index (χ2n) is 8.21. The van der Waals surface area contributed by atoms with E-state index in [9.17, 15) is 10.2 Å². The van der Waals surface area contributed by atoms with Gasteiger partial charge in [-0.25, -0.2) is 0 Å². The lowest BCUT2D eigenvalue weighted by atomic mass is 9.52. The van der Waals surface area contributed by atoms with Crippen molar-refractivity contribution in [1.29, 1.82) is 0 Å². The Bertz CT molecular complexity index is 688. The summed E-state index contributed by atoms with van der Waals surface area (Å²) in [5.74, 6) is 3.71. The van der Waals surface area contributed by atoms with Crippen LogP contribution in [0.3, 0.4) is 0 Å². The van der Waals surface area contributed by atoms with Gasteiger partial charge in [0.15, 0.2) is 0 Å². The summed E-state index contributed by atoms with van der Waals surface area (Å²) in [7, 11) is 0. The van der Waals surface area contributed by atoms with Gasteiger partial charge in [-0.3, -0.25) is 0 Å². The number of hydrogen-bond acceptors (Lipinski definition) is 2. The van der Waals surface area contributed by atoms with Gasteiger partial charge in [-0.2, -0.15) is 0 Å². The Kier molecular flexibility index (Phi) is 3.21. The minimum atomic E-state index is -1.06. The van der Waals surface area contributed by atoms with Crippen molar-refractivity contribution in [3.63, 3.8) is 0 Å². The van der Waals surface area contributed by atoms with Gasteiger partial charge in [0.05, 0.1) is 6.10 Å². The first kappa shape index (κ1) is 15.2. The number of rotatable bonds is 0. The lowest BCUT2D eigenvalue weighted by molar-refractivity contribution is -0.107. The highest BCUT2D eigenvalue weighted by Crippen LogP contribution is 2.64. The van der Waals surface area contributed by atoms with Gasteiger partial charge < -0.3 is 10.2 Å². The Morgan fingerprint density at radius 3 is 2.83 bits per heavy atom. The fraction of sp³-hybridized carbons (Fsp3) is 0.619. The molecule has 122 valence electrons. The van der Waals surface area contributed by atoms with E-state index >= 15 is 0 Å². The van der Waals surface area contributed by atoms with Gasteiger partial charge in [0.25, 0.3) is 0 Å². The molecule has 3 aliphatic rings. The molecule has 0 aliphatic heterocycles. The standard InChI is InChI=1S/C21H26O2/c1-4-21(23)11-10-17-16-9-8-14-13(2)6-5-7-15(14)19(16)18(22)12-20(17,21)3/h1,5-7,16-19,22-23H,8-12H2,2-3H3/t16-,17-,18-,19+,20-,21-/m0/s1. The van der Waals surface area contributed by atoms with Gasteiger partial charge in [-0.1, -0.05) is 31.0 Å². The summed E-state index contributed by atoms with van der Waals surface area (Å²) >= 11 is 0. The number of aliphatic hydroxyl groups excluding tert-OH is 1. The second kappa shape index (κ2) is 4.85. The molecule has 1 aromatic carbocycles. The number of fused-ring (bicyclic) bond motifs is 5. The summed E-state index contributed by atoms with van der Waals surface area (Å²) in [5, 5.41) is 22.0. The topological polar surface area (TPSA) is 40.5 Å². The number of aryl methyl sites for hydroxylation is 1. The van der Waals surface area contributed by atoms with Crippen LogP contribution in [0.1, 0.15) is 55.2 Å². The monoisotopic (exact) mass is 310 g/mol. The van der Waals surface area contributed by atoms with Crippen molar-refractivity contribution in [2.45, 2.75) is 63.6 Å². The molecule has 2 saturated carbocycles. The Morgan fingerprint density at radius 2 is 2.09 bits per heavy atom. The van der Waals surface area contributed by atoms with Gasteiger partial charge in [-0.15, -0.1) is 6.42 Å². The van der Waals surface area contributed by atoms with Gasteiger partial charge in [0, 0.05) is 11.3 Å². The molecule has 2 fully saturated rings. The Labute approximate surface area is 138 Å². The molecule has 2 heteroatoms. The molecular formula is C21H26O2. The van der Waals surface area contributed by atoms with E-state index in [1.807, 2.05) is 0 Å². The van der Waals surface area contributed by atoms with Crippen LogP contribution in [0.2, 0.25) is 0 Å². The molecule has 2 N–H and O–H groups in total. The van der Waals surface area contributed by atoms with E-state index in [0.717, 1.165) is 19.3 Å². The summed E-state index contributed by atoms with van der Waals surface area (Å²) in [4.78, 5) is 0. The molecule has 0 amide bonds. The van der Waals surface area contributed by atoms with Crippen molar-refractivity contribution >= 4 is 0 Å². The maximum atomic E-state index is 11.0. The maximum absolute atomic E-state index is 11.0. The van der Waals surface area contributed by atoms with Crippen LogP contribution in [0.5, 0.6) is 0 Å². The fourth-order valence-electron chi connectivity index (χ4n) is 6.12. The van der Waals surface area contributed by atoms with E-state index in [1.54, 1.807) is 0 Å². The first-order valence-electron chi connectivity index (χ1n) is 8.88. The predicted molar refractivity (Wildman–Crippen MR) is 91.0 cm³/mol. The van der Waals surface area contributed by atoms with Crippen LogP contribution in [-0.2, 0) is 6.42 Å². The van der Waals surface area contributed by atoms with E-state index in [4.69, 9.17) is 6.42 Å². The van der Waals surface area contributed by atoms with Crippen LogP contribution in [0.4, 0.5) is 0 Å². The highest BCUT2D eigenvalue weighted by Gasteiger charge is 2.63.